The number of rotatable bonds is 8. The van der Waals surface area contributed by atoms with E-state index in [4.69, 9.17) is 14.5 Å². The van der Waals surface area contributed by atoms with Crippen LogP contribution in [0.4, 0.5) is 0 Å². The van der Waals surface area contributed by atoms with Crippen molar-refractivity contribution in [2.24, 2.45) is 0 Å². The second-order valence-corrected chi connectivity index (χ2v) is 5.77. The van der Waals surface area contributed by atoms with Gasteiger partial charge in [0.15, 0.2) is 0 Å². The summed E-state index contributed by atoms with van der Waals surface area (Å²) in [5.74, 6) is 0. The van der Waals surface area contributed by atoms with E-state index in [1.54, 1.807) is 0 Å². The molecule has 0 fully saturated rings. The summed E-state index contributed by atoms with van der Waals surface area (Å²) in [5.41, 5.74) is 0. The molecule has 0 saturated carbocycles. The summed E-state index contributed by atoms with van der Waals surface area (Å²) >= 11 is 0. The van der Waals surface area contributed by atoms with Crippen LogP contribution in [0.2, 0.25) is 0 Å². The van der Waals surface area contributed by atoms with Crippen LogP contribution in [0, 0.1) is 0 Å². The molecule has 0 aromatic carbocycles. The maximum atomic E-state index is 10.3. The van der Waals surface area contributed by atoms with Crippen molar-refractivity contribution in [1.29, 1.82) is 0 Å². The number of phosphoric ester groups is 1. The van der Waals surface area contributed by atoms with Gasteiger partial charge in [0.25, 0.3) is 0 Å². The Morgan fingerprint density at radius 1 is 1.25 bits per heavy atom. The van der Waals surface area contributed by atoms with Gasteiger partial charge in [-0.3, -0.25) is 4.52 Å². The van der Waals surface area contributed by atoms with Gasteiger partial charge in [-0.1, -0.05) is 0 Å². The number of aliphatic hydroxyl groups is 1. The fourth-order valence-corrected chi connectivity index (χ4v) is 1.16. The molecule has 3 N–H and O–H groups in total. The summed E-state index contributed by atoms with van der Waals surface area (Å²) < 4.78 is 20.3. The summed E-state index contributed by atoms with van der Waals surface area (Å²) in [6.07, 6.45) is -1.03. The van der Waals surface area contributed by atoms with Crippen LogP contribution in [-0.2, 0) is 13.8 Å². The minimum absolute atomic E-state index is 0. The molecule has 0 rings (SSSR count). The van der Waals surface area contributed by atoms with E-state index in [-0.39, 0.29) is 6.61 Å². The molecule has 98 valence electrons. The van der Waals surface area contributed by atoms with Crippen LogP contribution in [0.15, 0.2) is 0 Å². The van der Waals surface area contributed by atoms with E-state index in [0.29, 0.717) is 6.61 Å². The van der Waals surface area contributed by atoms with Crippen LogP contribution < -0.4 is 0 Å². The molecule has 0 radical (unpaired) electrons. The van der Waals surface area contributed by atoms with Crippen molar-refractivity contribution in [3.8, 4) is 0 Å². The fourth-order valence-electron chi connectivity index (χ4n) is 0.789. The average molecular weight is 258 g/mol. The normalized spacial score (nSPS) is 15.1. The van der Waals surface area contributed by atoms with Crippen LogP contribution in [0.3, 0.4) is 0 Å². The van der Waals surface area contributed by atoms with Gasteiger partial charge >= 0.3 is 7.82 Å². The first-order valence-corrected chi connectivity index (χ1v) is 6.39. The molecule has 8 heteroatoms. The van der Waals surface area contributed by atoms with Crippen molar-refractivity contribution in [2.75, 3.05) is 47.5 Å². The highest BCUT2D eigenvalue weighted by molar-refractivity contribution is 7.46. The molecule has 0 saturated heterocycles. The van der Waals surface area contributed by atoms with Gasteiger partial charge in [0.05, 0.1) is 41.0 Å². The molecule has 0 aliphatic carbocycles. The fraction of sp³-hybridized carbons (Fsp3) is 1.00. The Kier molecular flexibility index (Phi) is 6.65. The van der Waals surface area contributed by atoms with Crippen molar-refractivity contribution < 1.29 is 33.2 Å². The molecule has 0 amide bonds. The first kappa shape index (κ1) is 16.0. The Balaban J connectivity index is 3.52. The second-order valence-electron chi connectivity index (χ2n) is 4.53. The summed E-state index contributed by atoms with van der Waals surface area (Å²) in [5, 5.41) is 9.24. The highest BCUT2D eigenvalue weighted by atomic mass is 31.2. The number of hydrogen-bond acceptors (Lipinski definition) is 4. The number of ether oxygens (including phenoxy) is 1. The number of likely N-dealkylation sites (N-methyl/N-ethyl adjacent to an activating group) is 1. The molecule has 1 atom stereocenters. The SMILES string of the molecule is C[N+](C)(C)CCOCC(O)COP(=O)(O)O. The lowest BCUT2D eigenvalue weighted by Crippen LogP contribution is -2.38. The number of aliphatic hydroxyl groups excluding tert-OH is 1. The molecule has 0 heterocycles. The Labute approximate surface area is 95.4 Å². The molecule has 0 bridgehead atoms. The molecular weight excluding hydrogens is 237 g/mol. The zero-order valence-electron chi connectivity index (χ0n) is 9.87. The molecule has 0 aliphatic rings. The lowest BCUT2D eigenvalue weighted by Gasteiger charge is -2.23. The second kappa shape index (κ2) is 6.66. The minimum atomic E-state index is -4.50. The molecular formula is C8H21NO6P+. The predicted octanol–water partition coefficient (Wildman–Crippen LogP) is -0.821. The van der Waals surface area contributed by atoms with Crippen molar-refractivity contribution in [3.63, 3.8) is 0 Å². The van der Waals surface area contributed by atoms with E-state index < -0.39 is 20.5 Å². The van der Waals surface area contributed by atoms with Crippen LogP contribution >= 0.6 is 7.82 Å². The maximum Gasteiger partial charge on any atom is 0.469 e. The quantitative estimate of drug-likeness (QED) is 0.299. The van der Waals surface area contributed by atoms with E-state index in [1.807, 2.05) is 21.1 Å². The molecule has 16 heavy (non-hydrogen) atoms. The summed E-state index contributed by atoms with van der Waals surface area (Å²) in [6, 6.07) is 0. The molecule has 0 spiro atoms. The van der Waals surface area contributed by atoms with E-state index in [9.17, 15) is 9.67 Å². The zero-order valence-corrected chi connectivity index (χ0v) is 10.8. The monoisotopic (exact) mass is 258 g/mol. The van der Waals surface area contributed by atoms with Gasteiger partial charge in [0.1, 0.15) is 12.6 Å². The van der Waals surface area contributed by atoms with Crippen molar-refractivity contribution in [3.05, 3.63) is 0 Å². The van der Waals surface area contributed by atoms with Crippen LogP contribution in [0.5, 0.6) is 0 Å². The number of phosphoric acid groups is 1. The van der Waals surface area contributed by atoms with E-state index in [2.05, 4.69) is 4.52 Å². The van der Waals surface area contributed by atoms with Crippen LogP contribution in [0.25, 0.3) is 0 Å². The van der Waals surface area contributed by atoms with E-state index >= 15 is 0 Å². The molecule has 0 aromatic heterocycles. The largest absolute Gasteiger partial charge is 0.469 e. The average Bonchev–Trinajstić information content (AvgIpc) is 2.06. The summed E-state index contributed by atoms with van der Waals surface area (Å²) in [6.45, 7) is 0.817. The lowest BCUT2D eigenvalue weighted by atomic mass is 10.4. The highest BCUT2D eigenvalue weighted by Gasteiger charge is 2.17. The van der Waals surface area contributed by atoms with Crippen LogP contribution in [0.1, 0.15) is 0 Å². The Morgan fingerprint density at radius 3 is 2.25 bits per heavy atom. The van der Waals surface area contributed by atoms with E-state index in [1.165, 1.54) is 0 Å². The third kappa shape index (κ3) is 12.1. The summed E-state index contributed by atoms with van der Waals surface area (Å²) in [7, 11) is 1.53. The molecule has 0 aliphatic heterocycles. The van der Waals surface area contributed by atoms with Crippen LogP contribution in [-0.4, -0.2) is 73.0 Å². The Bertz CT molecular complexity index is 235. The third-order valence-electron chi connectivity index (χ3n) is 1.65. The maximum absolute atomic E-state index is 10.3. The van der Waals surface area contributed by atoms with Gasteiger partial charge in [0.2, 0.25) is 0 Å². The first-order chi connectivity index (χ1) is 7.10. The van der Waals surface area contributed by atoms with Gasteiger partial charge in [-0.2, -0.15) is 0 Å². The van der Waals surface area contributed by atoms with Crippen molar-refractivity contribution in [1.82, 2.24) is 0 Å². The van der Waals surface area contributed by atoms with Crippen molar-refractivity contribution in [2.45, 2.75) is 6.10 Å². The first-order valence-electron chi connectivity index (χ1n) is 4.86. The van der Waals surface area contributed by atoms with Gasteiger partial charge in [0, 0.05) is 0 Å². The number of hydrogen-bond donors (Lipinski definition) is 3. The molecule has 1 unspecified atom stereocenters. The van der Waals surface area contributed by atoms with E-state index in [0.717, 1.165) is 11.0 Å². The topological polar surface area (TPSA) is 96.2 Å². The van der Waals surface area contributed by atoms with Gasteiger partial charge in [-0.15, -0.1) is 0 Å². The summed E-state index contributed by atoms with van der Waals surface area (Å²) in [4.78, 5) is 16.8. The predicted molar refractivity (Wildman–Crippen MR) is 57.7 cm³/mol. The smallest absolute Gasteiger partial charge is 0.388 e. The standard InChI is InChI=1S/C8H20NO6P/c1-9(2,3)4-5-14-6-8(10)7-15-16(11,12)13/h8,10H,4-7H2,1-3H3,(H-,11,12,13)/p+1. The minimum Gasteiger partial charge on any atom is -0.388 e. The Morgan fingerprint density at radius 2 is 1.81 bits per heavy atom. The van der Waals surface area contributed by atoms with Gasteiger partial charge < -0.3 is 24.1 Å². The molecule has 0 aromatic rings. The number of nitrogens with zero attached hydrogens (tertiary/aromatic N) is 1. The van der Waals surface area contributed by atoms with Gasteiger partial charge in [-0.05, 0) is 0 Å². The zero-order chi connectivity index (χ0) is 12.8. The van der Waals surface area contributed by atoms with Crippen molar-refractivity contribution >= 4 is 7.82 Å². The third-order valence-corrected chi connectivity index (χ3v) is 2.14. The Hall–Kier alpha value is -0.0100. The number of quaternary nitrogens is 1. The highest BCUT2D eigenvalue weighted by Crippen LogP contribution is 2.35. The van der Waals surface area contributed by atoms with Gasteiger partial charge in [-0.25, -0.2) is 4.57 Å². The lowest BCUT2D eigenvalue weighted by molar-refractivity contribution is -0.870. The molecule has 7 nitrogen and oxygen atoms in total.